The normalized spacial score (nSPS) is 10.5. The fourth-order valence-electron chi connectivity index (χ4n) is 2.60. The zero-order valence-electron chi connectivity index (χ0n) is 18.6. The van der Waals surface area contributed by atoms with E-state index in [-0.39, 0.29) is 11.1 Å². The van der Waals surface area contributed by atoms with Crippen LogP contribution >= 0.6 is 46.4 Å². The van der Waals surface area contributed by atoms with E-state index >= 15 is 0 Å². The van der Waals surface area contributed by atoms with Crippen LogP contribution in [0, 0.1) is 0 Å². The van der Waals surface area contributed by atoms with Crippen molar-refractivity contribution in [2.75, 3.05) is 19.8 Å². The number of oxime groups is 1. The van der Waals surface area contributed by atoms with Crippen molar-refractivity contribution in [2.24, 2.45) is 5.16 Å². The number of unbranched alkanes of at least 4 members (excludes halogenated alkanes) is 1. The predicted molar refractivity (Wildman–Crippen MR) is 136 cm³/mol. The van der Waals surface area contributed by atoms with E-state index < -0.39 is 0 Å². The molecular formula is C24H27Cl4NO4. The van der Waals surface area contributed by atoms with Gasteiger partial charge in [0, 0.05) is 18.7 Å². The molecule has 0 atom stereocenters. The summed E-state index contributed by atoms with van der Waals surface area (Å²) in [6.45, 7) is 6.11. The molecule has 0 amide bonds. The van der Waals surface area contributed by atoms with E-state index in [2.05, 4.69) is 5.16 Å². The van der Waals surface area contributed by atoms with E-state index in [1.54, 1.807) is 12.1 Å². The second-order valence-corrected chi connectivity index (χ2v) is 9.08. The summed E-state index contributed by atoms with van der Waals surface area (Å²) in [5.74, 6) is 0.933. The monoisotopic (exact) mass is 533 g/mol. The van der Waals surface area contributed by atoms with E-state index in [0.29, 0.717) is 48.0 Å². The highest BCUT2D eigenvalue weighted by Gasteiger charge is 2.10. The third-order valence-corrected chi connectivity index (χ3v) is 5.03. The van der Waals surface area contributed by atoms with Gasteiger partial charge in [0.15, 0.2) is 5.75 Å². The third kappa shape index (κ3) is 11.4. The number of halogens is 4. The Morgan fingerprint density at radius 1 is 0.879 bits per heavy atom. The average Bonchev–Trinajstić information content (AvgIpc) is 2.75. The van der Waals surface area contributed by atoms with Crippen molar-refractivity contribution in [1.29, 1.82) is 0 Å². The molecule has 0 aromatic heterocycles. The number of hydrogen-bond donors (Lipinski definition) is 0. The third-order valence-electron chi connectivity index (χ3n) is 4.16. The van der Waals surface area contributed by atoms with Gasteiger partial charge in [0.1, 0.15) is 23.5 Å². The molecule has 9 heteroatoms. The van der Waals surface area contributed by atoms with Crippen LogP contribution in [0.2, 0.25) is 10.0 Å². The Morgan fingerprint density at radius 2 is 1.48 bits per heavy atom. The first-order valence-corrected chi connectivity index (χ1v) is 11.9. The number of hydrogen-bond acceptors (Lipinski definition) is 5. The van der Waals surface area contributed by atoms with Gasteiger partial charge in [-0.3, -0.25) is 0 Å². The molecule has 0 saturated carbocycles. The summed E-state index contributed by atoms with van der Waals surface area (Å²) in [6, 6.07) is 11.4. The van der Waals surface area contributed by atoms with Gasteiger partial charge >= 0.3 is 0 Å². The fourth-order valence-corrected chi connectivity index (χ4v) is 3.30. The van der Waals surface area contributed by atoms with Gasteiger partial charge in [0.2, 0.25) is 0 Å². The van der Waals surface area contributed by atoms with Gasteiger partial charge in [-0.25, -0.2) is 0 Å². The highest BCUT2D eigenvalue weighted by atomic mass is 35.5. The van der Waals surface area contributed by atoms with E-state index in [9.17, 15) is 0 Å². The molecule has 2 aromatic carbocycles. The molecule has 0 aliphatic carbocycles. The summed E-state index contributed by atoms with van der Waals surface area (Å²) in [6.07, 6.45) is 3.17. The van der Waals surface area contributed by atoms with Gasteiger partial charge in [-0.05, 0) is 43.9 Å². The highest BCUT2D eigenvalue weighted by Crippen LogP contribution is 2.37. The van der Waals surface area contributed by atoms with Crippen LogP contribution in [0.15, 0.2) is 52.1 Å². The van der Waals surface area contributed by atoms with Gasteiger partial charge in [-0.2, -0.15) is 0 Å². The summed E-state index contributed by atoms with van der Waals surface area (Å²) < 4.78 is 17.1. The summed E-state index contributed by atoms with van der Waals surface area (Å²) in [4.78, 5) is 5.24. The molecule has 0 spiro atoms. The van der Waals surface area contributed by atoms with Gasteiger partial charge in [-0.1, -0.05) is 75.8 Å². The summed E-state index contributed by atoms with van der Waals surface area (Å²) in [5, 5.41) is 4.68. The first-order chi connectivity index (χ1) is 15.8. The van der Waals surface area contributed by atoms with Crippen LogP contribution in [0.1, 0.15) is 37.8 Å². The van der Waals surface area contributed by atoms with Crippen LogP contribution in [0.4, 0.5) is 0 Å². The van der Waals surface area contributed by atoms with Crippen LogP contribution in [0.3, 0.4) is 0 Å². The number of nitrogens with zero attached hydrogens (tertiary/aromatic N) is 1. The Morgan fingerprint density at radius 3 is 2.09 bits per heavy atom. The average molecular weight is 535 g/mol. The molecule has 0 N–H and O–H groups in total. The zero-order valence-corrected chi connectivity index (χ0v) is 21.6. The van der Waals surface area contributed by atoms with Gasteiger partial charge in [0.25, 0.3) is 0 Å². The molecule has 0 saturated heterocycles. The Labute approximate surface area is 215 Å². The minimum absolute atomic E-state index is 0.132. The molecular weight excluding hydrogens is 508 g/mol. The molecule has 2 rings (SSSR count). The summed E-state index contributed by atoms with van der Waals surface area (Å²) in [5.41, 5.74) is 3.06. The van der Waals surface area contributed by atoms with Crippen molar-refractivity contribution in [3.8, 4) is 11.5 Å². The van der Waals surface area contributed by atoms with E-state index in [4.69, 9.17) is 65.5 Å². The molecule has 0 aliphatic rings. The second kappa shape index (κ2) is 15.3. The first-order valence-electron chi connectivity index (χ1n) is 10.4. The lowest BCUT2D eigenvalue weighted by Crippen LogP contribution is -2.02. The topological polar surface area (TPSA) is 49.3 Å². The molecule has 0 heterocycles. The van der Waals surface area contributed by atoms with Crippen molar-refractivity contribution in [1.82, 2.24) is 0 Å². The maximum Gasteiger partial charge on any atom is 0.156 e. The second-order valence-electron chi connectivity index (χ2n) is 7.26. The van der Waals surface area contributed by atoms with Crippen LogP contribution < -0.4 is 9.47 Å². The van der Waals surface area contributed by atoms with Crippen molar-refractivity contribution < 1.29 is 19.0 Å². The van der Waals surface area contributed by atoms with Crippen molar-refractivity contribution in [3.05, 3.63) is 68.1 Å². The molecule has 2 aromatic rings. The first kappa shape index (κ1) is 27.6. The minimum atomic E-state index is 0.132. The maximum atomic E-state index is 6.26. The van der Waals surface area contributed by atoms with Crippen molar-refractivity contribution >= 4 is 52.1 Å². The number of benzene rings is 2. The lowest BCUT2D eigenvalue weighted by molar-refractivity contribution is 0.113. The van der Waals surface area contributed by atoms with Crippen LogP contribution in [-0.4, -0.2) is 25.5 Å². The maximum absolute atomic E-state index is 6.26. The van der Waals surface area contributed by atoms with E-state index in [0.717, 1.165) is 29.7 Å². The lowest BCUT2D eigenvalue weighted by atomic mass is 10.1. The Kier molecular flexibility index (Phi) is 12.8. The van der Waals surface area contributed by atoms with Gasteiger partial charge in [-0.15, -0.1) is 0 Å². The van der Waals surface area contributed by atoms with Crippen molar-refractivity contribution in [2.45, 2.75) is 39.9 Å². The van der Waals surface area contributed by atoms with Crippen LogP contribution in [0.25, 0.3) is 0 Å². The number of ether oxygens (including phenoxy) is 3. The fraction of sp³-hybridized carbons (Fsp3) is 0.375. The van der Waals surface area contributed by atoms with E-state index in [1.165, 1.54) is 6.08 Å². The quantitative estimate of drug-likeness (QED) is 0.140. The van der Waals surface area contributed by atoms with Gasteiger partial charge < -0.3 is 19.0 Å². The van der Waals surface area contributed by atoms with Crippen molar-refractivity contribution in [3.63, 3.8) is 0 Å². The summed E-state index contributed by atoms with van der Waals surface area (Å²) >= 11 is 23.6. The summed E-state index contributed by atoms with van der Waals surface area (Å²) in [7, 11) is 0. The van der Waals surface area contributed by atoms with Crippen LogP contribution in [-0.2, 0) is 22.8 Å². The Bertz CT molecular complexity index is 902. The highest BCUT2D eigenvalue weighted by molar-refractivity contribution is 6.55. The molecule has 5 nitrogen and oxygen atoms in total. The largest absolute Gasteiger partial charge is 0.490 e. The lowest BCUT2D eigenvalue weighted by Gasteiger charge is -2.12. The van der Waals surface area contributed by atoms with Gasteiger partial charge in [0.05, 0.1) is 29.0 Å². The Hall–Kier alpha value is -1.63. The molecule has 0 aliphatic heterocycles. The predicted octanol–water partition coefficient (Wildman–Crippen LogP) is 7.98. The molecule has 180 valence electrons. The molecule has 0 fully saturated rings. The minimum Gasteiger partial charge on any atom is -0.490 e. The number of rotatable bonds is 14. The van der Waals surface area contributed by atoms with E-state index in [1.807, 2.05) is 38.1 Å². The van der Waals surface area contributed by atoms with Crippen LogP contribution in [0.5, 0.6) is 11.5 Å². The molecule has 0 bridgehead atoms. The molecule has 0 unspecified atom stereocenters. The molecule has 0 radical (unpaired) electrons. The smallest absolute Gasteiger partial charge is 0.156 e. The standard InChI is InChI=1S/C24H27Cl4NO4/c1-17(2)29-33-16-19-7-5-18(6-8-19)15-30-10-3-4-11-32-24-21(25)13-20(14-22(24)26)31-12-9-23(27)28/h5-9,13-14H,3-4,10-12,15-16H2,1-2H3. The SMILES string of the molecule is CC(C)=NOCc1ccc(COCCCCOc2c(Cl)cc(OCC=C(Cl)Cl)cc2Cl)cc1. The Balaban J connectivity index is 1.63. The zero-order chi connectivity index (χ0) is 24.1. The molecule has 33 heavy (non-hydrogen) atoms.